The third-order valence-corrected chi connectivity index (χ3v) is 5.10. The second-order valence-electron chi connectivity index (χ2n) is 7.06. The van der Waals surface area contributed by atoms with E-state index in [1.165, 1.54) is 18.4 Å². The third kappa shape index (κ3) is 4.55. The number of non-ortho nitro benzene ring substituents is 1. The summed E-state index contributed by atoms with van der Waals surface area (Å²) in [7, 11) is 0. The number of anilines is 2. The molecule has 0 saturated carbocycles. The Morgan fingerprint density at radius 2 is 1.71 bits per heavy atom. The van der Waals surface area contributed by atoms with Crippen molar-refractivity contribution in [2.45, 2.75) is 0 Å². The topological polar surface area (TPSA) is 109 Å². The van der Waals surface area contributed by atoms with Gasteiger partial charge in [-0.1, -0.05) is 6.07 Å². The molecule has 1 N–H and O–H groups in total. The van der Waals surface area contributed by atoms with Gasteiger partial charge in [-0.3, -0.25) is 19.7 Å². The van der Waals surface area contributed by atoms with E-state index < -0.39 is 4.92 Å². The third-order valence-electron chi connectivity index (χ3n) is 5.10. The van der Waals surface area contributed by atoms with Gasteiger partial charge >= 0.3 is 0 Å². The molecule has 2 aromatic carbocycles. The standard InChI is InChI=1S/C22H20N4O5/c27-21(20-5-2-14-31-20)23-17-4-1-3-16(15-17)22(28)25-12-10-24(11-13-25)18-6-8-19(9-7-18)26(29)30/h1-9,14-15H,10-13H2,(H,23,27). The molecule has 1 aliphatic heterocycles. The first kappa shape index (κ1) is 20.1. The van der Waals surface area contributed by atoms with Crippen molar-refractivity contribution in [2.75, 3.05) is 36.4 Å². The predicted octanol–water partition coefficient (Wildman–Crippen LogP) is 3.40. The Kier molecular flexibility index (Phi) is 5.65. The molecule has 2 amide bonds. The van der Waals surface area contributed by atoms with Gasteiger partial charge in [0.2, 0.25) is 0 Å². The molecule has 0 unspecified atom stereocenters. The van der Waals surface area contributed by atoms with Crippen LogP contribution in [0.25, 0.3) is 0 Å². The zero-order chi connectivity index (χ0) is 21.8. The summed E-state index contributed by atoms with van der Waals surface area (Å²) in [6.45, 7) is 2.30. The van der Waals surface area contributed by atoms with Gasteiger partial charge in [0.1, 0.15) is 0 Å². The van der Waals surface area contributed by atoms with Gasteiger partial charge in [0.25, 0.3) is 17.5 Å². The summed E-state index contributed by atoms with van der Waals surface area (Å²) in [4.78, 5) is 39.3. The van der Waals surface area contributed by atoms with Crippen LogP contribution in [0.2, 0.25) is 0 Å². The van der Waals surface area contributed by atoms with E-state index in [1.54, 1.807) is 53.4 Å². The van der Waals surface area contributed by atoms with Crippen LogP contribution >= 0.6 is 0 Å². The molecule has 0 radical (unpaired) electrons. The van der Waals surface area contributed by atoms with Crippen LogP contribution in [0.15, 0.2) is 71.3 Å². The summed E-state index contributed by atoms with van der Waals surface area (Å²) in [5.41, 5.74) is 1.94. The smallest absolute Gasteiger partial charge is 0.291 e. The predicted molar refractivity (Wildman–Crippen MR) is 114 cm³/mol. The normalized spacial score (nSPS) is 13.7. The first-order valence-electron chi connectivity index (χ1n) is 9.75. The van der Waals surface area contributed by atoms with Crippen LogP contribution in [0.1, 0.15) is 20.9 Å². The van der Waals surface area contributed by atoms with Gasteiger partial charge in [0.05, 0.1) is 11.2 Å². The summed E-state index contributed by atoms with van der Waals surface area (Å²) in [5.74, 6) is -0.303. The van der Waals surface area contributed by atoms with Gasteiger partial charge in [0, 0.05) is 55.2 Å². The molecule has 9 heteroatoms. The molecule has 0 aliphatic carbocycles. The number of hydrogen-bond donors (Lipinski definition) is 1. The van der Waals surface area contributed by atoms with E-state index in [9.17, 15) is 19.7 Å². The highest BCUT2D eigenvalue weighted by Crippen LogP contribution is 2.22. The Balaban J connectivity index is 1.37. The highest BCUT2D eigenvalue weighted by Gasteiger charge is 2.23. The van der Waals surface area contributed by atoms with Crippen molar-refractivity contribution in [1.29, 1.82) is 0 Å². The quantitative estimate of drug-likeness (QED) is 0.501. The van der Waals surface area contributed by atoms with Crippen LogP contribution in [0.3, 0.4) is 0 Å². The molecule has 1 saturated heterocycles. The minimum Gasteiger partial charge on any atom is -0.459 e. The lowest BCUT2D eigenvalue weighted by Crippen LogP contribution is -2.48. The average Bonchev–Trinajstić information content (AvgIpc) is 3.34. The fourth-order valence-electron chi connectivity index (χ4n) is 3.47. The molecule has 2 heterocycles. The molecule has 158 valence electrons. The number of hydrogen-bond acceptors (Lipinski definition) is 6. The Morgan fingerprint density at radius 3 is 2.35 bits per heavy atom. The number of furan rings is 1. The molecule has 1 fully saturated rings. The Labute approximate surface area is 178 Å². The van der Waals surface area contributed by atoms with E-state index in [1.807, 2.05) is 0 Å². The van der Waals surface area contributed by atoms with Crippen LogP contribution in [-0.2, 0) is 0 Å². The number of nitro groups is 1. The fourth-order valence-corrected chi connectivity index (χ4v) is 3.47. The first-order chi connectivity index (χ1) is 15.0. The van der Waals surface area contributed by atoms with Gasteiger partial charge in [-0.2, -0.15) is 0 Å². The van der Waals surface area contributed by atoms with Gasteiger partial charge in [-0.25, -0.2) is 0 Å². The van der Waals surface area contributed by atoms with Gasteiger partial charge in [-0.05, 0) is 42.5 Å². The van der Waals surface area contributed by atoms with E-state index in [0.29, 0.717) is 37.4 Å². The summed E-state index contributed by atoms with van der Waals surface area (Å²) in [6.07, 6.45) is 1.42. The highest BCUT2D eigenvalue weighted by atomic mass is 16.6. The van der Waals surface area contributed by atoms with Gasteiger partial charge in [0.15, 0.2) is 5.76 Å². The number of nitrogens with one attached hydrogen (secondary N) is 1. The summed E-state index contributed by atoms with van der Waals surface area (Å²) < 4.78 is 5.08. The first-order valence-corrected chi connectivity index (χ1v) is 9.75. The van der Waals surface area contributed by atoms with Crippen LogP contribution in [0.5, 0.6) is 0 Å². The fraction of sp³-hybridized carbons (Fsp3) is 0.182. The summed E-state index contributed by atoms with van der Waals surface area (Å²) in [5, 5.41) is 13.5. The largest absolute Gasteiger partial charge is 0.459 e. The number of piperazine rings is 1. The van der Waals surface area contributed by atoms with Crippen LogP contribution in [0, 0.1) is 10.1 Å². The molecular weight excluding hydrogens is 400 g/mol. The van der Waals surface area contributed by atoms with Crippen molar-refractivity contribution in [3.63, 3.8) is 0 Å². The molecule has 1 aromatic heterocycles. The number of nitrogens with zero attached hydrogens (tertiary/aromatic N) is 3. The number of rotatable bonds is 5. The molecule has 0 spiro atoms. The van der Waals surface area contributed by atoms with E-state index in [0.717, 1.165) is 5.69 Å². The second kappa shape index (κ2) is 8.70. The molecule has 3 aromatic rings. The van der Waals surface area contributed by atoms with Crippen LogP contribution < -0.4 is 10.2 Å². The molecule has 0 bridgehead atoms. The van der Waals surface area contributed by atoms with Crippen LogP contribution in [-0.4, -0.2) is 47.8 Å². The Bertz CT molecular complexity index is 1090. The molecule has 31 heavy (non-hydrogen) atoms. The van der Waals surface area contributed by atoms with E-state index in [-0.39, 0.29) is 23.3 Å². The number of amides is 2. The van der Waals surface area contributed by atoms with E-state index in [4.69, 9.17) is 4.42 Å². The summed E-state index contributed by atoms with van der Waals surface area (Å²) in [6, 6.07) is 16.4. The van der Waals surface area contributed by atoms with Crippen molar-refractivity contribution in [2.24, 2.45) is 0 Å². The van der Waals surface area contributed by atoms with Crippen LogP contribution in [0.4, 0.5) is 17.1 Å². The minimum atomic E-state index is -0.425. The maximum Gasteiger partial charge on any atom is 0.291 e. The SMILES string of the molecule is O=C(Nc1cccc(C(=O)N2CCN(c3ccc([N+](=O)[O-])cc3)CC2)c1)c1ccco1. The maximum absolute atomic E-state index is 12.9. The van der Waals surface area contributed by atoms with Crippen molar-refractivity contribution < 1.29 is 18.9 Å². The van der Waals surface area contributed by atoms with Gasteiger partial charge in [-0.15, -0.1) is 0 Å². The monoisotopic (exact) mass is 420 g/mol. The number of nitro benzene ring substituents is 1. The zero-order valence-electron chi connectivity index (χ0n) is 16.6. The molecule has 4 rings (SSSR count). The van der Waals surface area contributed by atoms with E-state index >= 15 is 0 Å². The van der Waals surface area contributed by atoms with Crippen molar-refractivity contribution >= 4 is 28.9 Å². The molecule has 0 atom stereocenters. The van der Waals surface area contributed by atoms with Crippen molar-refractivity contribution in [3.05, 3.63) is 88.4 Å². The lowest BCUT2D eigenvalue weighted by atomic mass is 10.1. The molecular formula is C22H20N4O5. The second-order valence-corrected chi connectivity index (χ2v) is 7.06. The van der Waals surface area contributed by atoms with E-state index in [2.05, 4.69) is 10.2 Å². The molecule has 9 nitrogen and oxygen atoms in total. The number of carbonyl (C=O) groups excluding carboxylic acids is 2. The number of carbonyl (C=O) groups is 2. The number of benzene rings is 2. The molecule has 1 aliphatic rings. The highest BCUT2D eigenvalue weighted by molar-refractivity contribution is 6.03. The van der Waals surface area contributed by atoms with Crippen molar-refractivity contribution in [3.8, 4) is 0 Å². The lowest BCUT2D eigenvalue weighted by Gasteiger charge is -2.36. The minimum absolute atomic E-state index is 0.0524. The lowest BCUT2D eigenvalue weighted by molar-refractivity contribution is -0.384. The average molecular weight is 420 g/mol. The van der Waals surface area contributed by atoms with Crippen molar-refractivity contribution in [1.82, 2.24) is 4.90 Å². The zero-order valence-corrected chi connectivity index (χ0v) is 16.6. The Morgan fingerprint density at radius 1 is 0.968 bits per heavy atom. The maximum atomic E-state index is 12.9. The Hall–Kier alpha value is -4.14. The summed E-state index contributed by atoms with van der Waals surface area (Å²) >= 11 is 0. The van der Waals surface area contributed by atoms with Gasteiger partial charge < -0.3 is 19.5 Å².